The van der Waals surface area contributed by atoms with Gasteiger partial charge < -0.3 is 14.3 Å². The molecule has 0 aliphatic carbocycles. The second-order valence-corrected chi connectivity index (χ2v) is 7.92. The molecule has 0 radical (unpaired) electrons. The molecule has 1 N–H and O–H groups in total. The summed E-state index contributed by atoms with van der Waals surface area (Å²) in [5, 5.41) is 10.7. The van der Waals surface area contributed by atoms with Gasteiger partial charge in [-0.15, -0.1) is 11.3 Å². The van der Waals surface area contributed by atoms with E-state index in [2.05, 4.69) is 20.9 Å². The summed E-state index contributed by atoms with van der Waals surface area (Å²) in [4.78, 5) is 28.5. The number of halogens is 1. The molecule has 0 unspecified atom stereocenters. The summed E-state index contributed by atoms with van der Waals surface area (Å²) in [6.07, 6.45) is 1.58. The number of ether oxygens (including phenoxy) is 1. The fraction of sp³-hybridized carbons (Fsp3) is 0.389. The van der Waals surface area contributed by atoms with Crippen LogP contribution in [0, 0.1) is 5.92 Å². The fourth-order valence-corrected chi connectivity index (χ4v) is 4.00. The van der Waals surface area contributed by atoms with Gasteiger partial charge in [-0.1, -0.05) is 22.9 Å². The summed E-state index contributed by atoms with van der Waals surface area (Å²) in [7, 11) is 1.56. The van der Waals surface area contributed by atoms with Crippen LogP contribution in [-0.2, 0) is 11.2 Å². The molecule has 6 nitrogen and oxygen atoms in total. The molecule has 0 aliphatic heterocycles. The van der Waals surface area contributed by atoms with E-state index in [4.69, 9.17) is 14.3 Å². The van der Waals surface area contributed by atoms with Gasteiger partial charge in [0.1, 0.15) is 5.52 Å². The van der Waals surface area contributed by atoms with Crippen molar-refractivity contribution in [1.82, 2.24) is 4.98 Å². The minimum Gasteiger partial charge on any atom is -0.493 e. The number of aliphatic carboxylic acids is 1. The van der Waals surface area contributed by atoms with E-state index in [1.54, 1.807) is 13.2 Å². The minimum absolute atomic E-state index is 0.0300. The topological polar surface area (TPSA) is 89.6 Å². The number of aromatic nitrogens is 1. The Morgan fingerprint density at radius 3 is 2.85 bits per heavy atom. The van der Waals surface area contributed by atoms with Crippen molar-refractivity contribution < 1.29 is 23.8 Å². The van der Waals surface area contributed by atoms with Gasteiger partial charge in [0.15, 0.2) is 23.0 Å². The van der Waals surface area contributed by atoms with Gasteiger partial charge in [0.2, 0.25) is 0 Å². The van der Waals surface area contributed by atoms with Crippen LogP contribution in [0.4, 0.5) is 0 Å². The molecule has 3 aromatic rings. The number of rotatable bonds is 8. The summed E-state index contributed by atoms with van der Waals surface area (Å²) >= 11 is 4.71. The largest absolute Gasteiger partial charge is 0.493 e. The monoisotopic (exact) mass is 439 g/mol. The maximum atomic E-state index is 12.4. The van der Waals surface area contributed by atoms with Gasteiger partial charge in [0.05, 0.1) is 17.9 Å². The average molecular weight is 440 g/mol. The van der Waals surface area contributed by atoms with Crippen LogP contribution in [-0.4, -0.2) is 34.3 Å². The second kappa shape index (κ2) is 7.75. The van der Waals surface area contributed by atoms with Crippen LogP contribution in [0.25, 0.3) is 21.2 Å². The number of aryl methyl sites for hydroxylation is 1. The van der Waals surface area contributed by atoms with Crippen LogP contribution in [0.15, 0.2) is 16.5 Å². The highest BCUT2D eigenvalue weighted by atomic mass is 79.9. The molecular weight excluding hydrogens is 422 g/mol. The highest BCUT2D eigenvalue weighted by Gasteiger charge is 2.21. The van der Waals surface area contributed by atoms with Gasteiger partial charge in [-0.2, -0.15) is 0 Å². The molecule has 0 spiro atoms. The predicted octanol–water partition coefficient (Wildman–Crippen LogP) is 4.67. The maximum absolute atomic E-state index is 12.4. The standard InChI is InChI=1S/C18H18BrNO5S/c1-9(18(22)23)6-11(21)14-7-10-13(26-14)8-12(24-2)17-16(10)20-15(25-17)4-3-5-19/h7-9H,3-6H2,1-2H3,(H,22,23)/t9-/m0/s1. The molecule has 0 bridgehead atoms. The lowest BCUT2D eigenvalue weighted by atomic mass is 10.0. The van der Waals surface area contributed by atoms with Gasteiger partial charge in [-0.05, 0) is 12.5 Å². The zero-order valence-electron chi connectivity index (χ0n) is 14.4. The molecule has 1 aromatic carbocycles. The maximum Gasteiger partial charge on any atom is 0.306 e. The molecule has 0 saturated carbocycles. The third kappa shape index (κ3) is 3.61. The molecule has 0 fully saturated rings. The van der Waals surface area contributed by atoms with Gasteiger partial charge >= 0.3 is 5.97 Å². The highest BCUT2D eigenvalue weighted by Crippen LogP contribution is 2.38. The quantitative estimate of drug-likeness (QED) is 0.405. The number of ketones is 1. The Bertz CT molecular complexity index is 977. The first-order chi connectivity index (χ1) is 12.4. The Hall–Kier alpha value is -1.93. The van der Waals surface area contributed by atoms with Crippen LogP contribution in [0.1, 0.15) is 35.3 Å². The van der Waals surface area contributed by atoms with Crippen molar-refractivity contribution in [2.24, 2.45) is 5.92 Å². The number of carbonyl (C=O) groups excluding carboxylic acids is 1. The van der Waals surface area contributed by atoms with E-state index >= 15 is 0 Å². The van der Waals surface area contributed by atoms with Crippen molar-refractivity contribution in [3.8, 4) is 5.75 Å². The van der Waals surface area contributed by atoms with E-state index in [-0.39, 0.29) is 12.2 Å². The van der Waals surface area contributed by atoms with Crippen molar-refractivity contribution >= 4 is 60.2 Å². The summed E-state index contributed by atoms with van der Waals surface area (Å²) in [6.45, 7) is 1.53. The number of oxazole rings is 1. The Kier molecular flexibility index (Phi) is 5.62. The Balaban J connectivity index is 2.05. The van der Waals surface area contributed by atoms with Crippen LogP contribution in [0.3, 0.4) is 0 Å². The van der Waals surface area contributed by atoms with E-state index in [0.29, 0.717) is 34.0 Å². The van der Waals surface area contributed by atoms with E-state index < -0.39 is 11.9 Å². The molecular formula is C18H18BrNO5S. The molecule has 0 aliphatic rings. The van der Waals surface area contributed by atoms with Crippen LogP contribution in [0.2, 0.25) is 0 Å². The predicted molar refractivity (Wildman–Crippen MR) is 104 cm³/mol. The normalized spacial score (nSPS) is 12.6. The van der Waals surface area contributed by atoms with Gasteiger partial charge in [-0.3, -0.25) is 9.59 Å². The zero-order chi connectivity index (χ0) is 18.8. The summed E-state index contributed by atoms with van der Waals surface area (Å²) in [5.41, 5.74) is 1.24. The molecule has 0 saturated heterocycles. The van der Waals surface area contributed by atoms with Crippen molar-refractivity contribution in [2.75, 3.05) is 12.4 Å². The van der Waals surface area contributed by atoms with Crippen molar-refractivity contribution in [3.05, 3.63) is 22.9 Å². The molecule has 3 rings (SSSR count). The van der Waals surface area contributed by atoms with E-state index in [9.17, 15) is 9.59 Å². The first-order valence-electron chi connectivity index (χ1n) is 8.16. The number of thiophene rings is 1. The van der Waals surface area contributed by atoms with Crippen molar-refractivity contribution in [1.29, 1.82) is 0 Å². The molecule has 2 aromatic heterocycles. The number of nitrogens with zero attached hydrogens (tertiary/aromatic N) is 1. The van der Waals surface area contributed by atoms with E-state index in [1.807, 2.05) is 6.07 Å². The molecule has 8 heteroatoms. The lowest BCUT2D eigenvalue weighted by Gasteiger charge is -2.02. The minimum atomic E-state index is -0.976. The number of Topliss-reactive ketones (excluding diaryl/α,β-unsaturated/α-hetero) is 1. The third-order valence-corrected chi connectivity index (χ3v) is 5.79. The Morgan fingerprint density at radius 1 is 1.42 bits per heavy atom. The number of carbonyl (C=O) groups is 2. The van der Waals surface area contributed by atoms with Gasteiger partial charge in [0, 0.05) is 34.3 Å². The number of hydrogen-bond acceptors (Lipinski definition) is 6. The van der Waals surface area contributed by atoms with Crippen LogP contribution in [0.5, 0.6) is 5.75 Å². The second-order valence-electron chi connectivity index (χ2n) is 6.05. The van der Waals surface area contributed by atoms with Gasteiger partial charge in [-0.25, -0.2) is 4.98 Å². The average Bonchev–Trinajstić information content (AvgIpc) is 3.22. The number of methoxy groups -OCH3 is 1. The van der Waals surface area contributed by atoms with Crippen LogP contribution < -0.4 is 4.74 Å². The Labute approximate surface area is 162 Å². The summed E-state index contributed by atoms with van der Waals surface area (Å²) in [5.74, 6) is -0.675. The van der Waals surface area contributed by atoms with Crippen molar-refractivity contribution in [2.45, 2.75) is 26.2 Å². The third-order valence-electron chi connectivity index (χ3n) is 4.11. The molecule has 138 valence electrons. The highest BCUT2D eigenvalue weighted by molar-refractivity contribution is 9.09. The number of hydrogen-bond donors (Lipinski definition) is 1. The van der Waals surface area contributed by atoms with Crippen molar-refractivity contribution in [3.63, 3.8) is 0 Å². The number of fused-ring (bicyclic) bond motifs is 3. The first kappa shape index (κ1) is 18.8. The molecule has 0 amide bonds. The van der Waals surface area contributed by atoms with E-state index in [0.717, 1.165) is 21.8 Å². The molecule has 26 heavy (non-hydrogen) atoms. The molecule has 1 atom stereocenters. The summed E-state index contributed by atoms with van der Waals surface area (Å²) in [6, 6.07) is 3.61. The lowest BCUT2D eigenvalue weighted by molar-refractivity contribution is -0.141. The summed E-state index contributed by atoms with van der Waals surface area (Å²) < 4.78 is 12.1. The van der Waals surface area contributed by atoms with E-state index in [1.165, 1.54) is 18.3 Å². The lowest BCUT2D eigenvalue weighted by Crippen LogP contribution is -2.13. The number of carboxylic acids is 1. The number of alkyl halides is 1. The number of benzene rings is 1. The number of carboxylic acid groups (broad SMARTS) is 1. The SMILES string of the molecule is COc1cc2sc(C(=O)C[C@H](C)C(=O)O)cc2c2nc(CCCBr)oc12. The van der Waals surface area contributed by atoms with Crippen LogP contribution >= 0.6 is 27.3 Å². The smallest absolute Gasteiger partial charge is 0.306 e. The fourth-order valence-electron chi connectivity index (χ4n) is 2.68. The molecule has 2 heterocycles. The zero-order valence-corrected chi connectivity index (χ0v) is 16.8. The van der Waals surface area contributed by atoms with Gasteiger partial charge in [0.25, 0.3) is 0 Å². The first-order valence-corrected chi connectivity index (χ1v) is 10.1. The Morgan fingerprint density at radius 2 is 2.19 bits per heavy atom.